The standard InChI is InChI=1S/C17H20N2O2/c1-12-6-4-5-7-16(12)13(2)18-11-15-9-8-14(10-19-15)17(20)21-3/h4-10,13,18H,11H2,1-3H3/t13-/m1/s1. The van der Waals surface area contributed by atoms with Gasteiger partial charge in [0, 0.05) is 18.8 Å². The van der Waals surface area contributed by atoms with E-state index in [4.69, 9.17) is 0 Å². The van der Waals surface area contributed by atoms with E-state index in [2.05, 4.69) is 41.0 Å². The Kier molecular flexibility index (Phi) is 5.06. The molecule has 1 aromatic carbocycles. The summed E-state index contributed by atoms with van der Waals surface area (Å²) in [5.41, 5.74) is 3.91. The van der Waals surface area contributed by atoms with Crippen LogP contribution >= 0.6 is 0 Å². The zero-order chi connectivity index (χ0) is 15.2. The van der Waals surface area contributed by atoms with Crippen LogP contribution < -0.4 is 5.32 Å². The number of methoxy groups -OCH3 is 1. The molecular weight excluding hydrogens is 264 g/mol. The Bertz CT molecular complexity index is 608. The summed E-state index contributed by atoms with van der Waals surface area (Å²) in [4.78, 5) is 15.6. The average Bonchev–Trinajstić information content (AvgIpc) is 2.52. The number of rotatable bonds is 5. The van der Waals surface area contributed by atoms with E-state index < -0.39 is 0 Å². The second-order valence-corrected chi connectivity index (χ2v) is 4.99. The molecule has 1 heterocycles. The van der Waals surface area contributed by atoms with Crippen molar-refractivity contribution in [2.24, 2.45) is 0 Å². The van der Waals surface area contributed by atoms with Gasteiger partial charge in [-0.05, 0) is 37.1 Å². The number of aromatic nitrogens is 1. The second kappa shape index (κ2) is 6.99. The first kappa shape index (κ1) is 15.2. The van der Waals surface area contributed by atoms with Crippen molar-refractivity contribution in [2.75, 3.05) is 7.11 Å². The van der Waals surface area contributed by atoms with Crippen LogP contribution in [0.25, 0.3) is 0 Å². The lowest BCUT2D eigenvalue weighted by Gasteiger charge is -2.16. The van der Waals surface area contributed by atoms with Crippen molar-refractivity contribution in [1.82, 2.24) is 10.3 Å². The number of esters is 1. The molecule has 0 aliphatic heterocycles. The molecule has 0 amide bonds. The number of nitrogens with zero attached hydrogens (tertiary/aromatic N) is 1. The van der Waals surface area contributed by atoms with Gasteiger partial charge in [-0.3, -0.25) is 4.98 Å². The molecule has 110 valence electrons. The van der Waals surface area contributed by atoms with E-state index in [-0.39, 0.29) is 12.0 Å². The maximum Gasteiger partial charge on any atom is 0.339 e. The molecule has 2 rings (SSSR count). The highest BCUT2D eigenvalue weighted by molar-refractivity contribution is 5.88. The first-order valence-corrected chi connectivity index (χ1v) is 6.94. The van der Waals surface area contributed by atoms with Gasteiger partial charge < -0.3 is 10.1 Å². The van der Waals surface area contributed by atoms with Crippen LogP contribution in [0, 0.1) is 6.92 Å². The summed E-state index contributed by atoms with van der Waals surface area (Å²) >= 11 is 0. The normalized spacial score (nSPS) is 12.0. The van der Waals surface area contributed by atoms with E-state index >= 15 is 0 Å². The molecule has 0 radical (unpaired) electrons. The van der Waals surface area contributed by atoms with E-state index in [0.717, 1.165) is 5.69 Å². The lowest BCUT2D eigenvalue weighted by molar-refractivity contribution is 0.0600. The van der Waals surface area contributed by atoms with Crippen molar-refractivity contribution >= 4 is 5.97 Å². The van der Waals surface area contributed by atoms with Crippen molar-refractivity contribution in [3.05, 3.63) is 65.0 Å². The van der Waals surface area contributed by atoms with Crippen molar-refractivity contribution in [2.45, 2.75) is 26.4 Å². The zero-order valence-corrected chi connectivity index (χ0v) is 12.6. The Morgan fingerprint density at radius 2 is 2.05 bits per heavy atom. The summed E-state index contributed by atoms with van der Waals surface area (Å²) in [6, 6.07) is 12.1. The molecule has 1 atom stereocenters. The van der Waals surface area contributed by atoms with Gasteiger partial charge in [0.1, 0.15) is 0 Å². The van der Waals surface area contributed by atoms with Gasteiger partial charge in [0.25, 0.3) is 0 Å². The predicted octanol–water partition coefficient (Wildman–Crippen LogP) is 3.03. The quantitative estimate of drug-likeness (QED) is 0.857. The molecule has 0 fully saturated rings. The second-order valence-electron chi connectivity index (χ2n) is 4.99. The van der Waals surface area contributed by atoms with Crippen LogP contribution in [0.4, 0.5) is 0 Å². The third kappa shape index (κ3) is 3.89. The SMILES string of the molecule is COC(=O)c1ccc(CN[C@H](C)c2ccccc2C)nc1. The maximum absolute atomic E-state index is 11.3. The fourth-order valence-corrected chi connectivity index (χ4v) is 2.21. The summed E-state index contributed by atoms with van der Waals surface area (Å²) in [6.45, 7) is 4.89. The zero-order valence-electron chi connectivity index (χ0n) is 12.6. The van der Waals surface area contributed by atoms with Gasteiger partial charge in [-0.25, -0.2) is 4.79 Å². The Labute approximate surface area is 125 Å². The van der Waals surface area contributed by atoms with E-state index in [1.807, 2.05) is 18.2 Å². The molecule has 2 aromatic rings. The first-order chi connectivity index (χ1) is 10.1. The van der Waals surface area contributed by atoms with Crippen molar-refractivity contribution < 1.29 is 9.53 Å². The molecule has 0 spiro atoms. The molecule has 0 aliphatic carbocycles. The van der Waals surface area contributed by atoms with Gasteiger partial charge in [-0.1, -0.05) is 24.3 Å². The molecule has 0 unspecified atom stereocenters. The molecule has 1 aromatic heterocycles. The third-order valence-electron chi connectivity index (χ3n) is 3.49. The molecule has 0 saturated carbocycles. The van der Waals surface area contributed by atoms with E-state index in [1.54, 1.807) is 12.3 Å². The average molecular weight is 284 g/mol. The van der Waals surface area contributed by atoms with Crippen molar-refractivity contribution in [3.8, 4) is 0 Å². The van der Waals surface area contributed by atoms with E-state index in [1.165, 1.54) is 18.2 Å². The number of aryl methyl sites for hydroxylation is 1. The third-order valence-corrected chi connectivity index (χ3v) is 3.49. The summed E-state index contributed by atoms with van der Waals surface area (Å²) in [5.74, 6) is -0.365. The summed E-state index contributed by atoms with van der Waals surface area (Å²) in [5, 5.41) is 3.44. The van der Waals surface area contributed by atoms with E-state index in [9.17, 15) is 4.79 Å². The minimum absolute atomic E-state index is 0.244. The molecule has 1 N–H and O–H groups in total. The van der Waals surface area contributed by atoms with Crippen LogP contribution in [-0.2, 0) is 11.3 Å². The van der Waals surface area contributed by atoms with Gasteiger partial charge in [0.05, 0.1) is 18.4 Å². The highest BCUT2D eigenvalue weighted by Gasteiger charge is 2.09. The minimum Gasteiger partial charge on any atom is -0.465 e. The van der Waals surface area contributed by atoms with Crippen LogP contribution in [0.2, 0.25) is 0 Å². The lowest BCUT2D eigenvalue weighted by Crippen LogP contribution is -2.19. The number of carbonyl (C=O) groups excluding carboxylic acids is 1. The van der Waals surface area contributed by atoms with Gasteiger partial charge in [0.15, 0.2) is 0 Å². The van der Waals surface area contributed by atoms with Crippen LogP contribution in [0.5, 0.6) is 0 Å². The highest BCUT2D eigenvalue weighted by Crippen LogP contribution is 2.17. The lowest BCUT2D eigenvalue weighted by atomic mass is 10.0. The smallest absolute Gasteiger partial charge is 0.339 e. The van der Waals surface area contributed by atoms with Crippen molar-refractivity contribution in [3.63, 3.8) is 0 Å². The van der Waals surface area contributed by atoms with Crippen molar-refractivity contribution in [1.29, 1.82) is 0 Å². The molecular formula is C17H20N2O2. The summed E-state index contributed by atoms with van der Waals surface area (Å²) in [7, 11) is 1.36. The number of hydrogen-bond acceptors (Lipinski definition) is 4. The maximum atomic E-state index is 11.3. The number of ether oxygens (including phenoxy) is 1. The fourth-order valence-electron chi connectivity index (χ4n) is 2.21. The first-order valence-electron chi connectivity index (χ1n) is 6.94. The van der Waals surface area contributed by atoms with Crippen LogP contribution in [0.15, 0.2) is 42.6 Å². The molecule has 21 heavy (non-hydrogen) atoms. The van der Waals surface area contributed by atoms with Gasteiger partial charge in [-0.15, -0.1) is 0 Å². The van der Waals surface area contributed by atoms with Crippen LogP contribution in [0.1, 0.15) is 40.1 Å². The molecule has 4 heteroatoms. The minimum atomic E-state index is -0.365. The van der Waals surface area contributed by atoms with Gasteiger partial charge >= 0.3 is 5.97 Å². The van der Waals surface area contributed by atoms with Gasteiger partial charge in [0.2, 0.25) is 0 Å². The number of nitrogens with one attached hydrogen (secondary N) is 1. The van der Waals surface area contributed by atoms with Gasteiger partial charge in [-0.2, -0.15) is 0 Å². The predicted molar refractivity (Wildman–Crippen MR) is 82.0 cm³/mol. The summed E-state index contributed by atoms with van der Waals surface area (Å²) in [6.07, 6.45) is 1.54. The monoisotopic (exact) mass is 284 g/mol. The Balaban J connectivity index is 1.97. The topological polar surface area (TPSA) is 51.2 Å². The Morgan fingerprint density at radius 3 is 2.67 bits per heavy atom. The Morgan fingerprint density at radius 1 is 1.29 bits per heavy atom. The molecule has 0 saturated heterocycles. The van der Waals surface area contributed by atoms with Crippen LogP contribution in [0.3, 0.4) is 0 Å². The molecule has 0 bridgehead atoms. The fraction of sp³-hybridized carbons (Fsp3) is 0.294. The number of benzene rings is 1. The molecule has 0 aliphatic rings. The largest absolute Gasteiger partial charge is 0.465 e. The highest BCUT2D eigenvalue weighted by atomic mass is 16.5. The van der Waals surface area contributed by atoms with Crippen LogP contribution in [-0.4, -0.2) is 18.1 Å². The molecule has 4 nitrogen and oxygen atoms in total. The number of carbonyl (C=O) groups is 1. The number of pyridine rings is 1. The van der Waals surface area contributed by atoms with E-state index in [0.29, 0.717) is 12.1 Å². The Hall–Kier alpha value is -2.20. The summed E-state index contributed by atoms with van der Waals surface area (Å²) < 4.78 is 4.65. The number of hydrogen-bond donors (Lipinski definition) is 1.